The van der Waals surface area contributed by atoms with E-state index in [0.717, 1.165) is 37.6 Å². The van der Waals surface area contributed by atoms with Crippen LogP contribution in [0.2, 0.25) is 0 Å². The van der Waals surface area contributed by atoms with Gasteiger partial charge in [-0.05, 0) is 25.0 Å². The van der Waals surface area contributed by atoms with Crippen molar-refractivity contribution in [2.24, 2.45) is 0 Å². The zero-order chi connectivity index (χ0) is 13.4. The van der Waals surface area contributed by atoms with Gasteiger partial charge in [0.2, 0.25) is 5.89 Å². The van der Waals surface area contributed by atoms with Crippen LogP contribution in [0.3, 0.4) is 0 Å². The van der Waals surface area contributed by atoms with E-state index < -0.39 is 0 Å². The van der Waals surface area contributed by atoms with Gasteiger partial charge in [-0.3, -0.25) is 0 Å². The first-order valence-electron chi connectivity index (χ1n) is 7.57. The van der Waals surface area contributed by atoms with Crippen molar-refractivity contribution in [3.05, 3.63) is 36.2 Å². The summed E-state index contributed by atoms with van der Waals surface area (Å²) in [5, 5.41) is 7.59. The molecule has 20 heavy (non-hydrogen) atoms. The van der Waals surface area contributed by atoms with Gasteiger partial charge in [0, 0.05) is 25.5 Å². The molecular formula is C15H20N4O. The van der Waals surface area contributed by atoms with Gasteiger partial charge in [0.05, 0.1) is 5.92 Å². The summed E-state index contributed by atoms with van der Waals surface area (Å²) in [7, 11) is 0. The van der Waals surface area contributed by atoms with E-state index in [-0.39, 0.29) is 5.54 Å². The summed E-state index contributed by atoms with van der Waals surface area (Å²) >= 11 is 0. The average molecular weight is 272 g/mol. The predicted molar refractivity (Wildman–Crippen MR) is 74.5 cm³/mol. The maximum Gasteiger partial charge on any atom is 0.232 e. The summed E-state index contributed by atoms with van der Waals surface area (Å²) in [6.45, 7) is 1.91. The second-order valence-corrected chi connectivity index (χ2v) is 5.99. The lowest BCUT2D eigenvalue weighted by atomic mass is 9.80. The number of nitrogens with one attached hydrogen (secondary N) is 1. The molecule has 0 spiro atoms. The lowest BCUT2D eigenvalue weighted by molar-refractivity contribution is 0.223. The number of hydrogen-bond donors (Lipinski definition) is 1. The van der Waals surface area contributed by atoms with Crippen LogP contribution in [0.4, 0.5) is 0 Å². The first kappa shape index (κ1) is 12.1. The van der Waals surface area contributed by atoms with E-state index in [4.69, 9.17) is 9.51 Å². The van der Waals surface area contributed by atoms with E-state index in [1.807, 2.05) is 0 Å². The molecule has 5 heteroatoms. The Morgan fingerprint density at radius 1 is 1.15 bits per heavy atom. The van der Waals surface area contributed by atoms with Crippen molar-refractivity contribution in [3.63, 3.8) is 0 Å². The SMILES string of the molecule is c1ccn(C2(c3noc(C4CNC4)n3)CCCCC2)c1. The van der Waals surface area contributed by atoms with Gasteiger partial charge in [0.25, 0.3) is 0 Å². The fraction of sp³-hybridized carbons (Fsp3) is 0.600. The molecule has 0 amide bonds. The normalized spacial score (nSPS) is 22.6. The van der Waals surface area contributed by atoms with E-state index in [1.54, 1.807) is 0 Å². The van der Waals surface area contributed by atoms with Gasteiger partial charge in [-0.2, -0.15) is 4.98 Å². The molecular weight excluding hydrogens is 252 g/mol. The highest BCUT2D eigenvalue weighted by Crippen LogP contribution is 2.39. The maximum absolute atomic E-state index is 5.53. The van der Waals surface area contributed by atoms with Crippen LogP contribution in [0.1, 0.15) is 49.7 Å². The molecule has 5 nitrogen and oxygen atoms in total. The van der Waals surface area contributed by atoms with Gasteiger partial charge in [0.1, 0.15) is 5.54 Å². The Hall–Kier alpha value is -1.62. The van der Waals surface area contributed by atoms with Crippen molar-refractivity contribution in [1.82, 2.24) is 20.0 Å². The third-order valence-corrected chi connectivity index (χ3v) is 4.77. The van der Waals surface area contributed by atoms with Gasteiger partial charge in [0.15, 0.2) is 5.82 Å². The van der Waals surface area contributed by atoms with E-state index in [2.05, 4.69) is 39.6 Å². The molecule has 1 saturated heterocycles. The van der Waals surface area contributed by atoms with Crippen LogP contribution in [0.25, 0.3) is 0 Å². The van der Waals surface area contributed by atoms with E-state index in [0.29, 0.717) is 5.92 Å². The van der Waals surface area contributed by atoms with Crippen LogP contribution < -0.4 is 5.32 Å². The summed E-state index contributed by atoms with van der Waals surface area (Å²) in [5.41, 5.74) is -0.0966. The van der Waals surface area contributed by atoms with Gasteiger partial charge in [-0.25, -0.2) is 0 Å². The zero-order valence-electron chi connectivity index (χ0n) is 11.6. The van der Waals surface area contributed by atoms with Crippen molar-refractivity contribution < 1.29 is 4.52 Å². The molecule has 1 aliphatic heterocycles. The Morgan fingerprint density at radius 2 is 1.90 bits per heavy atom. The Kier molecular flexibility index (Phi) is 2.88. The smallest absolute Gasteiger partial charge is 0.232 e. The van der Waals surface area contributed by atoms with Crippen molar-refractivity contribution in [2.75, 3.05) is 13.1 Å². The minimum absolute atomic E-state index is 0.0966. The fourth-order valence-electron chi connectivity index (χ4n) is 3.41. The Balaban J connectivity index is 1.72. The predicted octanol–water partition coefficient (Wildman–Crippen LogP) is 2.27. The first-order valence-corrected chi connectivity index (χ1v) is 7.57. The van der Waals surface area contributed by atoms with Crippen molar-refractivity contribution in [3.8, 4) is 0 Å². The summed E-state index contributed by atoms with van der Waals surface area (Å²) < 4.78 is 7.81. The Morgan fingerprint density at radius 3 is 2.55 bits per heavy atom. The topological polar surface area (TPSA) is 55.9 Å². The Labute approximate surface area is 118 Å². The highest BCUT2D eigenvalue weighted by atomic mass is 16.5. The highest BCUT2D eigenvalue weighted by molar-refractivity contribution is 5.14. The molecule has 0 bridgehead atoms. The van der Waals surface area contributed by atoms with Gasteiger partial charge >= 0.3 is 0 Å². The maximum atomic E-state index is 5.53. The molecule has 2 aliphatic rings. The van der Waals surface area contributed by atoms with E-state index in [1.165, 1.54) is 19.3 Å². The third-order valence-electron chi connectivity index (χ3n) is 4.77. The van der Waals surface area contributed by atoms with Crippen LogP contribution in [-0.2, 0) is 5.54 Å². The molecule has 2 aromatic heterocycles. The second kappa shape index (κ2) is 4.74. The van der Waals surface area contributed by atoms with E-state index >= 15 is 0 Å². The van der Waals surface area contributed by atoms with Gasteiger partial charge < -0.3 is 14.4 Å². The monoisotopic (exact) mass is 272 g/mol. The molecule has 1 N–H and O–H groups in total. The van der Waals surface area contributed by atoms with Crippen LogP contribution >= 0.6 is 0 Å². The van der Waals surface area contributed by atoms with Gasteiger partial charge in [-0.15, -0.1) is 0 Å². The van der Waals surface area contributed by atoms with Crippen molar-refractivity contribution >= 4 is 0 Å². The molecule has 0 radical (unpaired) electrons. The summed E-state index contributed by atoms with van der Waals surface area (Å²) in [4.78, 5) is 4.75. The highest BCUT2D eigenvalue weighted by Gasteiger charge is 2.40. The largest absolute Gasteiger partial charge is 0.341 e. The molecule has 1 saturated carbocycles. The number of hydrogen-bond acceptors (Lipinski definition) is 4. The van der Waals surface area contributed by atoms with Gasteiger partial charge in [-0.1, -0.05) is 24.4 Å². The number of rotatable bonds is 3. The fourth-order valence-corrected chi connectivity index (χ4v) is 3.41. The molecule has 2 aromatic rings. The summed E-state index contributed by atoms with van der Waals surface area (Å²) in [5.74, 6) is 2.08. The average Bonchev–Trinajstić information content (AvgIpc) is 3.09. The summed E-state index contributed by atoms with van der Waals surface area (Å²) in [6.07, 6.45) is 10.2. The molecule has 3 heterocycles. The molecule has 106 valence electrons. The quantitative estimate of drug-likeness (QED) is 0.931. The van der Waals surface area contributed by atoms with Crippen LogP contribution in [0.15, 0.2) is 29.0 Å². The van der Waals surface area contributed by atoms with Crippen LogP contribution in [0, 0.1) is 0 Å². The lowest BCUT2D eigenvalue weighted by Gasteiger charge is -2.36. The third kappa shape index (κ3) is 1.80. The van der Waals surface area contributed by atoms with Crippen LogP contribution in [0.5, 0.6) is 0 Å². The minimum Gasteiger partial charge on any atom is -0.341 e. The van der Waals surface area contributed by atoms with Crippen molar-refractivity contribution in [2.45, 2.75) is 43.6 Å². The number of nitrogens with zero attached hydrogens (tertiary/aromatic N) is 3. The standard InChI is InChI=1S/C15H20N4O/c1-2-6-15(7-3-1,19-8-4-5-9-19)14-17-13(20-18-14)12-10-16-11-12/h4-5,8-9,12,16H,1-3,6-7,10-11H2. The minimum atomic E-state index is -0.0966. The van der Waals surface area contributed by atoms with Crippen molar-refractivity contribution in [1.29, 1.82) is 0 Å². The lowest BCUT2D eigenvalue weighted by Crippen LogP contribution is -2.40. The molecule has 0 unspecified atom stereocenters. The van der Waals surface area contributed by atoms with E-state index in [9.17, 15) is 0 Å². The second-order valence-electron chi connectivity index (χ2n) is 5.99. The Bertz CT molecular complexity index is 564. The molecule has 2 fully saturated rings. The first-order chi connectivity index (χ1) is 9.88. The molecule has 4 rings (SSSR count). The summed E-state index contributed by atoms with van der Waals surface area (Å²) in [6, 6.07) is 4.15. The zero-order valence-corrected chi connectivity index (χ0v) is 11.6. The number of aromatic nitrogens is 3. The molecule has 1 aliphatic carbocycles. The molecule has 0 atom stereocenters. The van der Waals surface area contributed by atoms with Crippen LogP contribution in [-0.4, -0.2) is 27.8 Å². The molecule has 0 aromatic carbocycles.